The maximum absolute atomic E-state index is 13.8. The van der Waals surface area contributed by atoms with Crippen molar-refractivity contribution in [2.45, 2.75) is 13.3 Å². The van der Waals surface area contributed by atoms with Crippen LogP contribution in [0.5, 0.6) is 5.75 Å². The molecule has 0 radical (unpaired) electrons. The molecule has 7 heteroatoms. The quantitative estimate of drug-likeness (QED) is 0.201. The summed E-state index contributed by atoms with van der Waals surface area (Å²) in [5.74, 6) is -0.613. The Balaban J connectivity index is 1.93. The van der Waals surface area contributed by atoms with E-state index in [0.29, 0.717) is 29.4 Å². The van der Waals surface area contributed by atoms with Crippen LogP contribution in [0, 0.1) is 20.7 Å². The Morgan fingerprint density at radius 3 is 2.62 bits per heavy atom. The van der Waals surface area contributed by atoms with Crippen LogP contribution in [0.3, 0.4) is 0 Å². The highest BCUT2D eigenvalue weighted by atomic mass is 127. The number of ether oxygens (including phenoxy) is 1. The van der Waals surface area contributed by atoms with Crippen molar-refractivity contribution >= 4 is 51.9 Å². The molecule has 0 fully saturated rings. The number of nitriles is 1. The van der Waals surface area contributed by atoms with E-state index in [4.69, 9.17) is 16.3 Å². The molecular weight excluding hydrogens is 542 g/mol. The van der Waals surface area contributed by atoms with Crippen LogP contribution in [0.4, 0.5) is 10.1 Å². The van der Waals surface area contributed by atoms with Gasteiger partial charge in [-0.15, -0.1) is 0 Å². The Hall–Kier alpha value is -2.89. The average molecular weight is 561 g/mol. The molecule has 0 saturated carbocycles. The van der Waals surface area contributed by atoms with Crippen LogP contribution in [0.2, 0.25) is 5.02 Å². The molecule has 0 unspecified atom stereocenters. The molecule has 0 aromatic heterocycles. The fourth-order valence-corrected chi connectivity index (χ4v) is 4.09. The van der Waals surface area contributed by atoms with Crippen molar-refractivity contribution in [3.8, 4) is 11.8 Å². The molecule has 3 aromatic carbocycles. The number of carbonyl (C=O) groups excluding carboxylic acids is 1. The minimum absolute atomic E-state index is 0.0123. The van der Waals surface area contributed by atoms with Gasteiger partial charge in [0.1, 0.15) is 23.2 Å². The van der Waals surface area contributed by atoms with E-state index in [1.807, 2.05) is 43.3 Å². The van der Waals surface area contributed by atoms with E-state index < -0.39 is 11.7 Å². The standard InChI is InChI=1S/C25H19ClFIN2O2/c1-2-32-24-13-16(12-22(28)19(24)14-17-7-3-4-8-20(17)26)11-18(15-29)25(31)30-23-10-6-5-9-21(23)27/h3-13H,2,14H2,1H3,(H,30,31)/b18-11+. The summed E-state index contributed by atoms with van der Waals surface area (Å²) < 4.78 is 20.6. The second-order valence-electron chi connectivity index (χ2n) is 6.78. The fourth-order valence-electron chi connectivity index (χ4n) is 3.07. The summed E-state index contributed by atoms with van der Waals surface area (Å²) in [6.07, 6.45) is 2.04. The molecular formula is C25H19ClFIN2O2. The summed E-state index contributed by atoms with van der Waals surface area (Å²) in [5, 5.41) is 12.6. The Kier molecular flexibility index (Phi) is 8.26. The Bertz CT molecular complexity index is 1220. The van der Waals surface area contributed by atoms with E-state index >= 15 is 0 Å². The van der Waals surface area contributed by atoms with Gasteiger partial charge in [0, 0.05) is 20.6 Å². The summed E-state index contributed by atoms with van der Waals surface area (Å²) in [6.45, 7) is 2.34. The molecule has 0 bridgehead atoms. The number of nitrogens with zero attached hydrogens (tertiary/aromatic N) is 1. The lowest BCUT2D eigenvalue weighted by Crippen LogP contribution is -2.14. The van der Waals surface area contributed by atoms with Gasteiger partial charge in [0.2, 0.25) is 0 Å². The van der Waals surface area contributed by atoms with Gasteiger partial charge in [0.05, 0.1) is 12.3 Å². The van der Waals surface area contributed by atoms with Crippen molar-refractivity contribution in [3.63, 3.8) is 0 Å². The summed E-state index contributed by atoms with van der Waals surface area (Å²) in [5.41, 5.74) is 2.43. The molecule has 0 saturated heterocycles. The average Bonchev–Trinajstić information content (AvgIpc) is 2.77. The van der Waals surface area contributed by atoms with Crippen LogP contribution in [-0.4, -0.2) is 12.5 Å². The third-order valence-electron chi connectivity index (χ3n) is 4.60. The summed E-state index contributed by atoms with van der Waals surface area (Å²) in [4.78, 5) is 12.5. The van der Waals surface area contributed by atoms with Gasteiger partial charge < -0.3 is 10.1 Å². The van der Waals surface area contributed by atoms with Crippen molar-refractivity contribution < 1.29 is 13.9 Å². The molecule has 4 nitrogen and oxygen atoms in total. The van der Waals surface area contributed by atoms with Gasteiger partial charge in [-0.2, -0.15) is 5.26 Å². The third kappa shape index (κ3) is 5.87. The highest BCUT2D eigenvalue weighted by Crippen LogP contribution is 2.31. The van der Waals surface area contributed by atoms with Crippen LogP contribution in [-0.2, 0) is 11.2 Å². The summed E-state index contributed by atoms with van der Waals surface area (Å²) in [7, 11) is 0. The number of hydrogen-bond acceptors (Lipinski definition) is 3. The lowest BCUT2D eigenvalue weighted by molar-refractivity contribution is -0.112. The molecule has 3 rings (SSSR count). The van der Waals surface area contributed by atoms with E-state index in [1.165, 1.54) is 24.3 Å². The number of carbonyl (C=O) groups is 1. The van der Waals surface area contributed by atoms with E-state index in [1.54, 1.807) is 12.1 Å². The molecule has 32 heavy (non-hydrogen) atoms. The van der Waals surface area contributed by atoms with Crippen molar-refractivity contribution in [3.05, 3.63) is 97.3 Å². The first-order valence-electron chi connectivity index (χ1n) is 9.79. The molecule has 162 valence electrons. The summed E-state index contributed by atoms with van der Waals surface area (Å²) >= 11 is 8.53. The topological polar surface area (TPSA) is 62.1 Å². The van der Waals surface area contributed by atoms with Gasteiger partial charge in [0.25, 0.3) is 5.91 Å². The number of para-hydroxylation sites is 1. The van der Waals surface area contributed by atoms with Gasteiger partial charge in [-0.05, 0) is 77.0 Å². The minimum atomic E-state index is -0.689. The molecule has 3 aromatic rings. The van der Waals surface area contributed by atoms with Crippen LogP contribution in [0.25, 0.3) is 6.08 Å². The minimum Gasteiger partial charge on any atom is -0.494 e. The molecule has 0 aliphatic carbocycles. The maximum Gasteiger partial charge on any atom is 0.266 e. The van der Waals surface area contributed by atoms with Crippen molar-refractivity contribution in [2.24, 2.45) is 0 Å². The number of amides is 1. The van der Waals surface area contributed by atoms with Crippen LogP contribution in [0.1, 0.15) is 23.6 Å². The number of hydrogen-bond donors (Lipinski definition) is 1. The van der Waals surface area contributed by atoms with Crippen LogP contribution < -0.4 is 10.1 Å². The molecule has 1 N–H and O–H groups in total. The lowest BCUT2D eigenvalue weighted by atomic mass is 10.0. The predicted molar refractivity (Wildman–Crippen MR) is 133 cm³/mol. The van der Waals surface area contributed by atoms with E-state index in [2.05, 4.69) is 27.9 Å². The number of anilines is 1. The van der Waals surface area contributed by atoms with E-state index in [0.717, 1.165) is 14.7 Å². The van der Waals surface area contributed by atoms with Crippen molar-refractivity contribution in [2.75, 3.05) is 11.9 Å². The van der Waals surface area contributed by atoms with E-state index in [9.17, 15) is 14.4 Å². The number of nitrogens with one attached hydrogen (secondary N) is 1. The molecule has 0 atom stereocenters. The molecule has 0 aliphatic rings. The largest absolute Gasteiger partial charge is 0.494 e. The first-order chi connectivity index (χ1) is 15.4. The second kappa shape index (κ2) is 11.1. The third-order valence-corrected chi connectivity index (χ3v) is 5.93. The van der Waals surface area contributed by atoms with Crippen LogP contribution in [0.15, 0.2) is 66.2 Å². The maximum atomic E-state index is 13.8. The monoisotopic (exact) mass is 560 g/mol. The first kappa shape index (κ1) is 23.8. The zero-order valence-electron chi connectivity index (χ0n) is 17.2. The first-order valence-corrected chi connectivity index (χ1v) is 11.2. The molecule has 0 heterocycles. The smallest absolute Gasteiger partial charge is 0.266 e. The van der Waals surface area contributed by atoms with Crippen molar-refractivity contribution in [1.29, 1.82) is 5.26 Å². The number of benzene rings is 3. The van der Waals surface area contributed by atoms with E-state index in [-0.39, 0.29) is 11.3 Å². The second-order valence-corrected chi connectivity index (χ2v) is 8.35. The SMILES string of the molecule is CCOc1cc(/C=C(\C#N)C(=O)Nc2ccccc2F)cc(I)c1Cc1ccccc1Cl. The Labute approximate surface area is 204 Å². The van der Waals surface area contributed by atoms with Gasteiger partial charge in [-0.3, -0.25) is 4.79 Å². The molecule has 1 amide bonds. The number of rotatable bonds is 7. The Morgan fingerprint density at radius 2 is 1.94 bits per heavy atom. The summed E-state index contributed by atoms with van der Waals surface area (Å²) in [6, 6.07) is 18.9. The predicted octanol–water partition coefficient (Wildman–Crippen LogP) is 6.62. The zero-order chi connectivity index (χ0) is 23.1. The van der Waals surface area contributed by atoms with Gasteiger partial charge >= 0.3 is 0 Å². The number of halogens is 3. The van der Waals surface area contributed by atoms with Gasteiger partial charge in [-0.25, -0.2) is 4.39 Å². The Morgan fingerprint density at radius 1 is 1.22 bits per heavy atom. The highest BCUT2D eigenvalue weighted by molar-refractivity contribution is 14.1. The van der Waals surface area contributed by atoms with Crippen molar-refractivity contribution in [1.82, 2.24) is 0 Å². The van der Waals surface area contributed by atoms with Crippen LogP contribution >= 0.6 is 34.2 Å². The fraction of sp³-hybridized carbons (Fsp3) is 0.120. The zero-order valence-corrected chi connectivity index (χ0v) is 20.1. The van der Waals surface area contributed by atoms with Gasteiger partial charge in [-0.1, -0.05) is 41.9 Å². The molecule has 0 spiro atoms. The lowest BCUT2D eigenvalue weighted by Gasteiger charge is -2.15. The highest BCUT2D eigenvalue weighted by Gasteiger charge is 2.15. The molecule has 0 aliphatic heterocycles. The normalized spacial score (nSPS) is 11.0. The van der Waals surface area contributed by atoms with Gasteiger partial charge in [0.15, 0.2) is 0 Å².